The summed E-state index contributed by atoms with van der Waals surface area (Å²) >= 11 is 6.25. The van der Waals surface area contributed by atoms with Crippen LogP contribution in [0.1, 0.15) is 69.6 Å². The van der Waals surface area contributed by atoms with Gasteiger partial charge >= 0.3 is 5.69 Å². The molecule has 1 aliphatic heterocycles. The number of rotatable bonds is 10. The van der Waals surface area contributed by atoms with Crippen LogP contribution in [0.2, 0.25) is 5.02 Å². The van der Waals surface area contributed by atoms with Crippen LogP contribution < -0.4 is 11.4 Å². The number of nitrogens with zero attached hydrogens (tertiary/aromatic N) is 2. The second kappa shape index (κ2) is 11.9. The molecule has 0 saturated carbocycles. The van der Waals surface area contributed by atoms with Crippen LogP contribution in [-0.4, -0.2) is 26.5 Å². The van der Waals surface area contributed by atoms with Crippen LogP contribution >= 0.6 is 11.6 Å². The predicted octanol–water partition coefficient (Wildman–Crippen LogP) is 7.09. The smallest absolute Gasteiger partial charge is 0.354 e. The third-order valence-corrected chi connectivity index (χ3v) is 7.79. The summed E-state index contributed by atoms with van der Waals surface area (Å²) in [5.74, 6) is 0.289. The summed E-state index contributed by atoms with van der Waals surface area (Å²) in [5.41, 5.74) is 9.03. The van der Waals surface area contributed by atoms with Gasteiger partial charge in [-0.3, -0.25) is 9.98 Å². The molecule has 4 N–H and O–H groups in total. The van der Waals surface area contributed by atoms with E-state index >= 15 is 4.39 Å². The monoisotopic (exact) mass is 563 g/mol. The minimum Gasteiger partial charge on any atom is -0.388 e. The zero-order valence-corrected chi connectivity index (χ0v) is 23.6. The molecule has 7 nitrogen and oxygen atoms in total. The molecule has 1 saturated heterocycles. The van der Waals surface area contributed by atoms with Gasteiger partial charge in [0.25, 0.3) is 0 Å². The van der Waals surface area contributed by atoms with E-state index in [0.717, 1.165) is 49.7 Å². The standard InChI is InChI=1S/C31H35ClFN5O2/c1-18(2)4-3-5-19-14-24(29(33)25(32)15-19)26-16-21-17-38(31(39)37-30(21)36-26)22-8-6-20(7-9-22)27-12-10-23(40-27)11-13-28(34)35/h6-9,14-18,23,27H,3-5,10-13H2,1-2H3,(H3,34,35)(H,36,37,39)/t23-,27-/m0/s1. The number of benzene rings is 2. The Kier molecular flexibility index (Phi) is 8.38. The zero-order valence-electron chi connectivity index (χ0n) is 22.8. The molecule has 3 heterocycles. The summed E-state index contributed by atoms with van der Waals surface area (Å²) in [4.78, 5) is 20.3. The number of H-pyrrole nitrogens is 1. The first-order chi connectivity index (χ1) is 19.2. The molecule has 0 amide bonds. The van der Waals surface area contributed by atoms with E-state index in [9.17, 15) is 4.79 Å². The number of hydrogen-bond donors (Lipinski definition) is 3. The summed E-state index contributed by atoms with van der Waals surface area (Å²) in [5, 5.41) is 8.19. The Bertz CT molecular complexity index is 1580. The molecular formula is C31H35ClFN5O2. The Morgan fingerprint density at radius 1 is 1.25 bits per heavy atom. The number of nitrogens with one attached hydrogen (secondary N) is 2. The lowest BCUT2D eigenvalue weighted by atomic mass is 10.00. The second-order valence-corrected chi connectivity index (χ2v) is 11.5. The Morgan fingerprint density at radius 3 is 2.75 bits per heavy atom. The van der Waals surface area contributed by atoms with Crippen molar-refractivity contribution in [3.8, 4) is 16.9 Å². The predicted molar refractivity (Wildman–Crippen MR) is 158 cm³/mol. The van der Waals surface area contributed by atoms with Gasteiger partial charge in [0, 0.05) is 23.6 Å². The molecule has 2 aromatic heterocycles. The van der Waals surface area contributed by atoms with Crippen LogP contribution in [-0.2, 0) is 11.2 Å². The van der Waals surface area contributed by atoms with Gasteiger partial charge in [-0.1, -0.05) is 44.0 Å². The maximum absolute atomic E-state index is 15.1. The molecule has 2 atom stereocenters. The van der Waals surface area contributed by atoms with Gasteiger partial charge in [0.2, 0.25) is 0 Å². The quantitative estimate of drug-likeness (QED) is 0.141. The second-order valence-electron chi connectivity index (χ2n) is 11.1. The largest absolute Gasteiger partial charge is 0.388 e. The van der Waals surface area contributed by atoms with Crippen molar-refractivity contribution < 1.29 is 9.13 Å². The average Bonchev–Trinajstić information content (AvgIpc) is 3.56. The first kappa shape index (κ1) is 28.1. The van der Waals surface area contributed by atoms with E-state index in [0.29, 0.717) is 40.3 Å². The number of aromatic nitrogens is 3. The molecule has 0 unspecified atom stereocenters. The van der Waals surface area contributed by atoms with Crippen molar-refractivity contribution >= 4 is 28.5 Å². The maximum atomic E-state index is 15.1. The molecule has 9 heteroatoms. The molecule has 1 aliphatic rings. The number of nitrogens with two attached hydrogens (primary N) is 1. The number of ether oxygens (including phenoxy) is 1. The minimum atomic E-state index is -0.496. The topological polar surface area (TPSA) is 110 Å². The zero-order chi connectivity index (χ0) is 28.4. The van der Waals surface area contributed by atoms with E-state index in [1.165, 1.54) is 4.57 Å². The lowest BCUT2D eigenvalue weighted by molar-refractivity contribution is 0.0411. The van der Waals surface area contributed by atoms with E-state index in [1.807, 2.05) is 30.3 Å². The normalized spacial score (nSPS) is 17.2. The van der Waals surface area contributed by atoms with Crippen LogP contribution in [0.3, 0.4) is 0 Å². The Morgan fingerprint density at radius 2 is 2.02 bits per heavy atom. The molecule has 210 valence electrons. The lowest BCUT2D eigenvalue weighted by Crippen LogP contribution is -2.20. The molecule has 1 fully saturated rings. The highest BCUT2D eigenvalue weighted by molar-refractivity contribution is 6.31. The van der Waals surface area contributed by atoms with Crippen molar-refractivity contribution in [2.24, 2.45) is 11.7 Å². The number of fused-ring (bicyclic) bond motifs is 1. The van der Waals surface area contributed by atoms with Gasteiger partial charge in [-0.2, -0.15) is 4.98 Å². The van der Waals surface area contributed by atoms with Gasteiger partial charge in [-0.05, 0) is 79.5 Å². The van der Waals surface area contributed by atoms with Crippen LogP contribution in [0, 0.1) is 17.1 Å². The number of hydrogen-bond acceptors (Lipinski definition) is 4. The van der Waals surface area contributed by atoms with Gasteiger partial charge in [0.05, 0.1) is 34.4 Å². The van der Waals surface area contributed by atoms with Gasteiger partial charge in [-0.15, -0.1) is 0 Å². The maximum Gasteiger partial charge on any atom is 0.354 e. The highest BCUT2D eigenvalue weighted by atomic mass is 35.5. The first-order valence-electron chi connectivity index (χ1n) is 13.9. The molecule has 5 rings (SSSR count). The fourth-order valence-electron chi connectivity index (χ4n) is 5.35. The van der Waals surface area contributed by atoms with E-state index < -0.39 is 11.5 Å². The molecule has 0 radical (unpaired) electrons. The number of aromatic amines is 1. The van der Waals surface area contributed by atoms with Gasteiger partial charge in [0.15, 0.2) is 5.82 Å². The summed E-state index contributed by atoms with van der Waals surface area (Å²) in [7, 11) is 0. The van der Waals surface area contributed by atoms with E-state index in [-0.39, 0.29) is 23.1 Å². The van der Waals surface area contributed by atoms with Crippen molar-refractivity contribution in [1.82, 2.24) is 14.5 Å². The third-order valence-electron chi connectivity index (χ3n) is 7.52. The fraction of sp³-hybridized carbons (Fsp3) is 0.387. The van der Waals surface area contributed by atoms with E-state index in [1.54, 1.807) is 18.3 Å². The SMILES string of the molecule is CC(C)CCCc1cc(Cl)c(F)c(-c2cc3cn(-c4ccc([C@@H]5CC[C@@H](CCC(=N)N)O5)cc4)c(=O)nc3[nH]2)c1. The van der Waals surface area contributed by atoms with Crippen LogP contribution in [0.5, 0.6) is 0 Å². The van der Waals surface area contributed by atoms with Gasteiger partial charge < -0.3 is 15.5 Å². The van der Waals surface area contributed by atoms with Crippen molar-refractivity contribution in [3.63, 3.8) is 0 Å². The van der Waals surface area contributed by atoms with Crippen molar-refractivity contribution in [1.29, 1.82) is 5.41 Å². The Hall–Kier alpha value is -3.49. The van der Waals surface area contributed by atoms with E-state index in [2.05, 4.69) is 23.8 Å². The van der Waals surface area contributed by atoms with Gasteiger partial charge in [0.1, 0.15) is 5.65 Å². The van der Waals surface area contributed by atoms with E-state index in [4.69, 9.17) is 27.5 Å². The van der Waals surface area contributed by atoms with Crippen LogP contribution in [0.4, 0.5) is 4.39 Å². The Balaban J connectivity index is 1.37. The summed E-state index contributed by atoms with van der Waals surface area (Å²) in [6.07, 6.45) is 7.83. The number of aryl methyl sites for hydroxylation is 1. The Labute approximate surface area is 238 Å². The van der Waals surface area contributed by atoms with Crippen molar-refractivity contribution in [2.75, 3.05) is 0 Å². The number of amidine groups is 1. The minimum absolute atomic E-state index is 0.0153. The summed E-state index contributed by atoms with van der Waals surface area (Å²) in [6, 6.07) is 13.0. The van der Waals surface area contributed by atoms with Crippen molar-refractivity contribution in [3.05, 3.63) is 81.1 Å². The number of halogens is 2. The summed E-state index contributed by atoms with van der Waals surface area (Å²) < 4.78 is 22.7. The molecule has 0 aliphatic carbocycles. The average molecular weight is 564 g/mol. The highest BCUT2D eigenvalue weighted by Crippen LogP contribution is 2.35. The summed E-state index contributed by atoms with van der Waals surface area (Å²) in [6.45, 7) is 4.37. The highest BCUT2D eigenvalue weighted by Gasteiger charge is 2.26. The molecule has 0 bridgehead atoms. The fourth-order valence-corrected chi connectivity index (χ4v) is 5.60. The molecule has 4 aromatic rings. The molecule has 40 heavy (non-hydrogen) atoms. The van der Waals surface area contributed by atoms with Crippen molar-refractivity contribution in [2.45, 2.75) is 71.0 Å². The molecule has 0 spiro atoms. The first-order valence-corrected chi connectivity index (χ1v) is 14.2. The van der Waals surface area contributed by atoms with Crippen LogP contribution in [0.25, 0.3) is 28.0 Å². The van der Waals surface area contributed by atoms with Gasteiger partial charge in [-0.25, -0.2) is 9.18 Å². The van der Waals surface area contributed by atoms with Crippen LogP contribution in [0.15, 0.2) is 53.5 Å². The third kappa shape index (κ3) is 6.29. The molecular weight excluding hydrogens is 529 g/mol. The molecule has 2 aromatic carbocycles. The lowest BCUT2D eigenvalue weighted by Gasteiger charge is -2.14.